The van der Waals surface area contributed by atoms with Crippen LogP contribution in [0.4, 0.5) is 10.1 Å². The molecule has 0 bridgehead atoms. The highest BCUT2D eigenvalue weighted by atomic mass is 19.1. The zero-order chi connectivity index (χ0) is 20.4. The maximum absolute atomic E-state index is 14.1. The molecule has 29 heavy (non-hydrogen) atoms. The van der Waals surface area contributed by atoms with Crippen molar-refractivity contribution in [3.63, 3.8) is 0 Å². The lowest BCUT2D eigenvalue weighted by Crippen LogP contribution is -2.37. The van der Waals surface area contributed by atoms with Crippen LogP contribution in [0.2, 0.25) is 0 Å². The Morgan fingerprint density at radius 2 is 1.93 bits per heavy atom. The van der Waals surface area contributed by atoms with E-state index in [0.29, 0.717) is 37.8 Å². The second-order valence-corrected chi connectivity index (χ2v) is 7.19. The van der Waals surface area contributed by atoms with E-state index in [2.05, 4.69) is 0 Å². The number of nitrogens with zero attached hydrogens (tertiary/aromatic N) is 2. The summed E-state index contributed by atoms with van der Waals surface area (Å²) < 4.78 is 25.2. The number of halogens is 1. The zero-order valence-electron chi connectivity index (χ0n) is 16.3. The van der Waals surface area contributed by atoms with Gasteiger partial charge in [-0.2, -0.15) is 0 Å². The molecular weight excluding hydrogens is 375 g/mol. The first kappa shape index (κ1) is 19.2. The molecule has 2 aromatic carbocycles. The Kier molecular flexibility index (Phi) is 5.38. The van der Waals surface area contributed by atoms with Crippen LogP contribution < -0.4 is 14.4 Å². The van der Waals surface area contributed by atoms with E-state index in [1.54, 1.807) is 23.1 Å². The summed E-state index contributed by atoms with van der Waals surface area (Å²) >= 11 is 0. The third-order valence-electron chi connectivity index (χ3n) is 5.29. The first-order valence-corrected chi connectivity index (χ1v) is 9.79. The molecule has 1 atom stereocenters. The number of fused-ring (bicyclic) bond motifs is 1. The molecule has 2 aliphatic heterocycles. The molecule has 2 aromatic rings. The normalized spacial score (nSPS) is 18.1. The van der Waals surface area contributed by atoms with Crippen molar-refractivity contribution in [2.45, 2.75) is 19.9 Å². The molecule has 0 saturated carbocycles. The summed E-state index contributed by atoms with van der Waals surface area (Å²) in [7, 11) is 0. The van der Waals surface area contributed by atoms with Gasteiger partial charge in [-0.1, -0.05) is 18.2 Å². The Morgan fingerprint density at radius 1 is 1.17 bits per heavy atom. The maximum atomic E-state index is 14.1. The predicted octanol–water partition coefficient (Wildman–Crippen LogP) is 3.00. The van der Waals surface area contributed by atoms with Crippen molar-refractivity contribution in [3.05, 3.63) is 53.8 Å². The average molecular weight is 398 g/mol. The van der Waals surface area contributed by atoms with E-state index in [1.165, 1.54) is 11.0 Å². The summed E-state index contributed by atoms with van der Waals surface area (Å²) in [5.41, 5.74) is 1.16. The molecule has 0 N–H and O–H groups in total. The summed E-state index contributed by atoms with van der Waals surface area (Å²) in [5.74, 6) is 0.102. The van der Waals surface area contributed by atoms with Gasteiger partial charge in [0.2, 0.25) is 11.8 Å². The van der Waals surface area contributed by atoms with Crippen molar-refractivity contribution in [1.29, 1.82) is 0 Å². The van der Waals surface area contributed by atoms with Gasteiger partial charge in [0.1, 0.15) is 19.0 Å². The molecule has 2 amide bonds. The Hall–Kier alpha value is -3.09. The molecule has 2 heterocycles. The Labute approximate surface area is 168 Å². The van der Waals surface area contributed by atoms with Crippen molar-refractivity contribution in [2.24, 2.45) is 5.92 Å². The van der Waals surface area contributed by atoms with Gasteiger partial charge >= 0.3 is 0 Å². The first-order valence-electron chi connectivity index (χ1n) is 9.79. The molecule has 4 rings (SSSR count). The standard InChI is InChI=1S/C22H23FN2O4/c1-2-24(13-15-7-8-19-20(11-15)29-10-9-28-19)22(27)16-12-21(26)25(14-16)18-6-4-3-5-17(18)23/h3-8,11,16H,2,9-10,12-14H2,1H3/t16-/m1/s1. The highest BCUT2D eigenvalue weighted by molar-refractivity contribution is 6.00. The van der Waals surface area contributed by atoms with E-state index in [-0.39, 0.29) is 30.5 Å². The molecule has 1 saturated heterocycles. The van der Waals surface area contributed by atoms with Crippen molar-refractivity contribution in [3.8, 4) is 11.5 Å². The summed E-state index contributed by atoms with van der Waals surface area (Å²) in [6.07, 6.45) is 0.0881. The molecular formula is C22H23FN2O4. The van der Waals surface area contributed by atoms with Gasteiger partial charge in [-0.3, -0.25) is 9.59 Å². The fourth-order valence-electron chi connectivity index (χ4n) is 3.79. The minimum atomic E-state index is -0.487. The van der Waals surface area contributed by atoms with Crippen LogP contribution in [-0.2, 0) is 16.1 Å². The van der Waals surface area contributed by atoms with Crippen LogP contribution in [0.5, 0.6) is 11.5 Å². The number of anilines is 1. The predicted molar refractivity (Wildman–Crippen MR) is 105 cm³/mol. The number of carbonyl (C=O) groups is 2. The fourth-order valence-corrected chi connectivity index (χ4v) is 3.79. The number of carbonyl (C=O) groups excluding carboxylic acids is 2. The largest absolute Gasteiger partial charge is 0.486 e. The third-order valence-corrected chi connectivity index (χ3v) is 5.29. The SMILES string of the molecule is CCN(Cc1ccc2c(c1)OCCO2)C(=O)[C@@H]1CC(=O)N(c2ccccc2F)C1. The minimum Gasteiger partial charge on any atom is -0.486 e. The lowest BCUT2D eigenvalue weighted by atomic mass is 10.1. The van der Waals surface area contributed by atoms with E-state index in [1.807, 2.05) is 25.1 Å². The number of para-hydroxylation sites is 1. The third kappa shape index (κ3) is 3.90. The Balaban J connectivity index is 1.46. The number of hydrogen-bond acceptors (Lipinski definition) is 4. The molecule has 0 spiro atoms. The van der Waals surface area contributed by atoms with Crippen molar-refractivity contribution in [2.75, 3.05) is 31.2 Å². The van der Waals surface area contributed by atoms with E-state index in [4.69, 9.17) is 9.47 Å². The topological polar surface area (TPSA) is 59.1 Å². The highest BCUT2D eigenvalue weighted by Gasteiger charge is 2.37. The van der Waals surface area contributed by atoms with Crippen molar-refractivity contribution in [1.82, 2.24) is 4.90 Å². The van der Waals surface area contributed by atoms with Crippen molar-refractivity contribution < 1.29 is 23.5 Å². The second-order valence-electron chi connectivity index (χ2n) is 7.19. The number of hydrogen-bond donors (Lipinski definition) is 0. The van der Waals surface area contributed by atoms with Gasteiger partial charge in [0.25, 0.3) is 0 Å². The number of amides is 2. The van der Waals surface area contributed by atoms with Crippen LogP contribution in [0, 0.1) is 11.7 Å². The second kappa shape index (κ2) is 8.11. The molecule has 0 unspecified atom stereocenters. The van der Waals surface area contributed by atoms with Crippen LogP contribution in [0.3, 0.4) is 0 Å². The van der Waals surface area contributed by atoms with Crippen LogP contribution in [0.25, 0.3) is 0 Å². The van der Waals surface area contributed by atoms with Crippen LogP contribution in [0.15, 0.2) is 42.5 Å². The summed E-state index contributed by atoms with van der Waals surface area (Å²) in [6, 6.07) is 11.8. The monoisotopic (exact) mass is 398 g/mol. The van der Waals surface area contributed by atoms with Gasteiger partial charge in [0, 0.05) is 26.1 Å². The molecule has 6 nitrogen and oxygen atoms in total. The Bertz CT molecular complexity index is 933. The molecule has 1 fully saturated rings. The lowest BCUT2D eigenvalue weighted by molar-refractivity contribution is -0.136. The van der Waals surface area contributed by atoms with E-state index in [0.717, 1.165) is 5.56 Å². The van der Waals surface area contributed by atoms with E-state index < -0.39 is 11.7 Å². The quantitative estimate of drug-likeness (QED) is 0.777. The number of rotatable bonds is 5. The van der Waals surface area contributed by atoms with E-state index >= 15 is 0 Å². The summed E-state index contributed by atoms with van der Waals surface area (Å²) in [4.78, 5) is 28.6. The zero-order valence-corrected chi connectivity index (χ0v) is 16.3. The summed E-state index contributed by atoms with van der Waals surface area (Å²) in [5, 5.41) is 0. The number of ether oxygens (including phenoxy) is 2. The van der Waals surface area contributed by atoms with Crippen LogP contribution >= 0.6 is 0 Å². The smallest absolute Gasteiger partial charge is 0.228 e. The van der Waals surface area contributed by atoms with Gasteiger partial charge in [-0.15, -0.1) is 0 Å². The molecule has 0 aliphatic carbocycles. The molecule has 2 aliphatic rings. The lowest BCUT2D eigenvalue weighted by Gasteiger charge is -2.25. The average Bonchev–Trinajstić information content (AvgIpc) is 3.13. The first-order chi connectivity index (χ1) is 14.1. The summed E-state index contributed by atoms with van der Waals surface area (Å²) in [6.45, 7) is 4.05. The van der Waals surface area contributed by atoms with Gasteiger partial charge in [0.15, 0.2) is 11.5 Å². The maximum Gasteiger partial charge on any atom is 0.228 e. The number of benzene rings is 2. The molecule has 0 radical (unpaired) electrons. The van der Waals surface area contributed by atoms with Crippen LogP contribution in [0.1, 0.15) is 18.9 Å². The van der Waals surface area contributed by atoms with Gasteiger partial charge in [-0.25, -0.2) is 4.39 Å². The minimum absolute atomic E-state index is 0.0881. The van der Waals surface area contributed by atoms with Crippen molar-refractivity contribution >= 4 is 17.5 Å². The van der Waals surface area contributed by atoms with E-state index in [9.17, 15) is 14.0 Å². The molecule has 7 heteroatoms. The highest BCUT2D eigenvalue weighted by Crippen LogP contribution is 2.32. The fraction of sp³-hybridized carbons (Fsp3) is 0.364. The van der Waals surface area contributed by atoms with Gasteiger partial charge in [-0.05, 0) is 36.8 Å². The van der Waals surface area contributed by atoms with Gasteiger partial charge < -0.3 is 19.3 Å². The Morgan fingerprint density at radius 3 is 2.69 bits per heavy atom. The molecule has 0 aromatic heterocycles. The molecule has 152 valence electrons. The van der Waals surface area contributed by atoms with Gasteiger partial charge in [0.05, 0.1) is 11.6 Å². The van der Waals surface area contributed by atoms with Crippen LogP contribution in [-0.4, -0.2) is 43.0 Å².